The molecular formula is C20H30N6S. The van der Waals surface area contributed by atoms with Gasteiger partial charge in [0.25, 0.3) is 0 Å². The van der Waals surface area contributed by atoms with Gasteiger partial charge in [0.2, 0.25) is 0 Å². The lowest BCUT2D eigenvalue weighted by Gasteiger charge is -2.31. The Bertz CT molecular complexity index is 715. The first-order valence-corrected chi connectivity index (χ1v) is 10.9. The molecule has 0 unspecified atom stereocenters. The number of hydrogen-bond acceptors (Lipinski definition) is 4. The number of hydrogen-bond donors (Lipinski definition) is 3. The number of aryl methyl sites for hydroxylation is 1. The Morgan fingerprint density at radius 1 is 1.33 bits per heavy atom. The van der Waals surface area contributed by atoms with Crippen molar-refractivity contribution in [1.29, 1.82) is 0 Å². The second-order valence-corrected chi connectivity index (χ2v) is 7.76. The number of guanidine groups is 1. The van der Waals surface area contributed by atoms with Crippen LogP contribution in [0.5, 0.6) is 0 Å². The van der Waals surface area contributed by atoms with Crippen molar-refractivity contribution in [3.63, 3.8) is 0 Å². The van der Waals surface area contributed by atoms with Gasteiger partial charge in [0.1, 0.15) is 0 Å². The maximum atomic E-state index is 6.34. The standard InChI is InChI=1S/C20H30N6S/c1-27-19-10-5-4-9-18(19)25-20(24-17-8-3-2-7-16(17)21)23-11-6-13-26-14-12-22-15-26/h4-5,9-10,12,14-17H,2-3,6-8,11,13,21H2,1H3,(H2,23,24,25)/t16-,17-/m0/s1. The molecule has 0 bridgehead atoms. The van der Waals surface area contributed by atoms with Crippen LogP contribution in [0.3, 0.4) is 0 Å². The number of nitrogens with one attached hydrogen (secondary N) is 2. The molecule has 2 aromatic rings. The van der Waals surface area contributed by atoms with Crippen molar-refractivity contribution < 1.29 is 0 Å². The SMILES string of the molecule is CSc1ccccc1NC(=NCCCn1ccnc1)N[C@H]1CCCC[C@@H]1N. The first-order chi connectivity index (χ1) is 13.3. The van der Waals surface area contributed by atoms with Gasteiger partial charge < -0.3 is 20.9 Å². The van der Waals surface area contributed by atoms with Crippen LogP contribution in [0.2, 0.25) is 0 Å². The van der Waals surface area contributed by atoms with Gasteiger partial charge in [-0.15, -0.1) is 11.8 Å². The van der Waals surface area contributed by atoms with Crippen LogP contribution in [0.4, 0.5) is 5.69 Å². The third kappa shape index (κ3) is 6.01. The number of imidazole rings is 1. The van der Waals surface area contributed by atoms with E-state index in [-0.39, 0.29) is 12.1 Å². The van der Waals surface area contributed by atoms with E-state index in [1.54, 1.807) is 11.8 Å². The molecule has 7 heteroatoms. The number of nitrogens with zero attached hydrogens (tertiary/aromatic N) is 3. The molecule has 2 atom stereocenters. The number of anilines is 1. The number of para-hydroxylation sites is 1. The van der Waals surface area contributed by atoms with Gasteiger partial charge in [-0.1, -0.05) is 25.0 Å². The van der Waals surface area contributed by atoms with Crippen LogP contribution in [-0.4, -0.2) is 40.4 Å². The summed E-state index contributed by atoms with van der Waals surface area (Å²) in [6, 6.07) is 8.78. The summed E-state index contributed by atoms with van der Waals surface area (Å²) in [6.45, 7) is 1.66. The molecule has 1 saturated carbocycles. The molecule has 0 spiro atoms. The molecule has 0 radical (unpaired) electrons. The smallest absolute Gasteiger partial charge is 0.196 e. The molecule has 6 nitrogen and oxygen atoms in total. The minimum absolute atomic E-state index is 0.187. The Kier molecular flexibility index (Phi) is 7.59. The van der Waals surface area contributed by atoms with Gasteiger partial charge in [-0.25, -0.2) is 4.98 Å². The Hall–Kier alpha value is -1.99. The van der Waals surface area contributed by atoms with Crippen molar-refractivity contribution in [3.8, 4) is 0 Å². The molecular weight excluding hydrogens is 356 g/mol. The summed E-state index contributed by atoms with van der Waals surface area (Å²) in [4.78, 5) is 10.1. The van der Waals surface area contributed by atoms with E-state index in [2.05, 4.69) is 44.6 Å². The molecule has 1 aliphatic rings. The van der Waals surface area contributed by atoms with Gasteiger partial charge in [-0.3, -0.25) is 4.99 Å². The summed E-state index contributed by atoms with van der Waals surface area (Å²) in [5.74, 6) is 0.824. The summed E-state index contributed by atoms with van der Waals surface area (Å²) < 4.78 is 2.08. The first kappa shape index (κ1) is 19.8. The third-order valence-electron chi connectivity index (χ3n) is 4.91. The van der Waals surface area contributed by atoms with Gasteiger partial charge in [0.05, 0.1) is 12.0 Å². The maximum absolute atomic E-state index is 6.34. The van der Waals surface area contributed by atoms with Crippen LogP contribution >= 0.6 is 11.8 Å². The fourth-order valence-electron chi connectivity index (χ4n) is 3.37. The summed E-state index contributed by atoms with van der Waals surface area (Å²) in [7, 11) is 0. The van der Waals surface area contributed by atoms with E-state index >= 15 is 0 Å². The number of benzene rings is 1. The van der Waals surface area contributed by atoms with Crippen LogP contribution < -0.4 is 16.4 Å². The van der Waals surface area contributed by atoms with E-state index in [0.29, 0.717) is 0 Å². The van der Waals surface area contributed by atoms with Gasteiger partial charge in [-0.2, -0.15) is 0 Å². The van der Waals surface area contributed by atoms with Crippen molar-refractivity contribution >= 4 is 23.4 Å². The molecule has 1 aliphatic carbocycles. The number of aromatic nitrogens is 2. The van der Waals surface area contributed by atoms with E-state index in [4.69, 9.17) is 10.7 Å². The Labute approximate surface area is 166 Å². The fraction of sp³-hybridized carbons (Fsp3) is 0.500. The average Bonchev–Trinajstić information content (AvgIpc) is 3.21. The highest BCUT2D eigenvalue weighted by Gasteiger charge is 2.22. The van der Waals surface area contributed by atoms with Gasteiger partial charge in [0.15, 0.2) is 5.96 Å². The van der Waals surface area contributed by atoms with E-state index in [9.17, 15) is 0 Å². The molecule has 1 heterocycles. The lowest BCUT2D eigenvalue weighted by molar-refractivity contribution is 0.360. The van der Waals surface area contributed by atoms with Crippen molar-refractivity contribution in [2.45, 2.75) is 55.6 Å². The lowest BCUT2D eigenvalue weighted by atomic mass is 9.91. The molecule has 1 aromatic carbocycles. The molecule has 3 rings (SSSR count). The van der Waals surface area contributed by atoms with Gasteiger partial charge in [-0.05, 0) is 37.7 Å². The normalized spacial score (nSPS) is 20.4. The Morgan fingerprint density at radius 3 is 2.96 bits per heavy atom. The number of aliphatic imine (C=N–C) groups is 1. The predicted molar refractivity (Wildman–Crippen MR) is 114 cm³/mol. The maximum Gasteiger partial charge on any atom is 0.196 e. The van der Waals surface area contributed by atoms with Crippen LogP contribution in [0.1, 0.15) is 32.1 Å². The van der Waals surface area contributed by atoms with Crippen molar-refractivity contribution in [3.05, 3.63) is 43.0 Å². The zero-order chi connectivity index (χ0) is 18.9. The molecule has 1 aromatic heterocycles. The van der Waals surface area contributed by atoms with E-state index in [0.717, 1.165) is 44.0 Å². The minimum Gasteiger partial charge on any atom is -0.352 e. The minimum atomic E-state index is 0.187. The number of rotatable bonds is 7. The highest BCUT2D eigenvalue weighted by molar-refractivity contribution is 7.98. The van der Waals surface area contributed by atoms with E-state index < -0.39 is 0 Å². The van der Waals surface area contributed by atoms with Crippen LogP contribution in [-0.2, 0) is 6.54 Å². The fourth-order valence-corrected chi connectivity index (χ4v) is 3.93. The molecule has 0 aliphatic heterocycles. The largest absolute Gasteiger partial charge is 0.352 e. The van der Waals surface area contributed by atoms with Crippen molar-refractivity contribution in [2.75, 3.05) is 18.1 Å². The van der Waals surface area contributed by atoms with Gasteiger partial charge >= 0.3 is 0 Å². The second-order valence-electron chi connectivity index (χ2n) is 6.91. The highest BCUT2D eigenvalue weighted by atomic mass is 32.2. The number of nitrogens with two attached hydrogens (primary N) is 1. The quantitative estimate of drug-likeness (QED) is 0.294. The topological polar surface area (TPSA) is 80.3 Å². The molecule has 146 valence electrons. The summed E-state index contributed by atoms with van der Waals surface area (Å²) >= 11 is 1.73. The Balaban J connectivity index is 1.66. The van der Waals surface area contributed by atoms with E-state index in [1.165, 1.54) is 17.7 Å². The summed E-state index contributed by atoms with van der Waals surface area (Å²) in [5, 5.41) is 7.09. The summed E-state index contributed by atoms with van der Waals surface area (Å²) in [5.41, 5.74) is 7.41. The zero-order valence-corrected chi connectivity index (χ0v) is 16.8. The Morgan fingerprint density at radius 2 is 2.19 bits per heavy atom. The summed E-state index contributed by atoms with van der Waals surface area (Å²) in [6.07, 6.45) is 13.3. The predicted octanol–water partition coefficient (Wildman–Crippen LogP) is 3.32. The van der Waals surface area contributed by atoms with Crippen LogP contribution in [0, 0.1) is 0 Å². The highest BCUT2D eigenvalue weighted by Crippen LogP contribution is 2.24. The molecule has 0 saturated heterocycles. The van der Waals surface area contributed by atoms with Crippen molar-refractivity contribution in [1.82, 2.24) is 14.9 Å². The second kappa shape index (κ2) is 10.4. The average molecular weight is 387 g/mol. The van der Waals surface area contributed by atoms with Crippen LogP contribution in [0.25, 0.3) is 0 Å². The van der Waals surface area contributed by atoms with Crippen LogP contribution in [0.15, 0.2) is 52.9 Å². The zero-order valence-electron chi connectivity index (χ0n) is 16.0. The third-order valence-corrected chi connectivity index (χ3v) is 5.70. The molecule has 0 amide bonds. The monoisotopic (exact) mass is 386 g/mol. The molecule has 1 fully saturated rings. The number of thioether (sulfide) groups is 1. The van der Waals surface area contributed by atoms with E-state index in [1.807, 2.05) is 24.8 Å². The molecule has 4 N–H and O–H groups in total. The first-order valence-electron chi connectivity index (χ1n) is 9.68. The molecule has 27 heavy (non-hydrogen) atoms. The lowest BCUT2D eigenvalue weighted by Crippen LogP contribution is -2.51. The van der Waals surface area contributed by atoms with Gasteiger partial charge in [0, 0.05) is 42.5 Å². The van der Waals surface area contributed by atoms with Crippen molar-refractivity contribution in [2.24, 2.45) is 10.7 Å².